The molecule has 0 N–H and O–H groups in total. The van der Waals surface area contributed by atoms with Gasteiger partial charge in [0, 0.05) is 11.3 Å². The number of anilines is 2. The molecule has 38 heavy (non-hydrogen) atoms. The Hall–Kier alpha value is -3.94. The molecule has 1 saturated carbocycles. The summed E-state index contributed by atoms with van der Waals surface area (Å²) in [6.07, 6.45) is 1.95. The molecule has 0 spiro atoms. The van der Waals surface area contributed by atoms with Crippen molar-refractivity contribution in [3.8, 4) is 11.5 Å². The number of nitrogens with zero attached hydrogens (tertiary/aromatic N) is 2. The van der Waals surface area contributed by atoms with Gasteiger partial charge in [-0.05, 0) is 45.0 Å². The second-order valence-corrected chi connectivity index (χ2v) is 10.5. The fraction of sp³-hybridized carbons (Fsp3) is 0.400. The van der Waals surface area contributed by atoms with Crippen LogP contribution in [0.15, 0.2) is 60.2 Å². The summed E-state index contributed by atoms with van der Waals surface area (Å²) in [4.78, 5) is 58.7. The minimum Gasteiger partial charge on any atom is -0.492 e. The topological polar surface area (TPSA) is 93.2 Å². The summed E-state index contributed by atoms with van der Waals surface area (Å²) >= 11 is 0. The third kappa shape index (κ3) is 2.97. The number of ether oxygens (including phenoxy) is 2. The van der Waals surface area contributed by atoms with Crippen molar-refractivity contribution in [2.45, 2.75) is 27.7 Å². The zero-order chi connectivity index (χ0) is 26.9. The van der Waals surface area contributed by atoms with E-state index in [0.717, 1.165) is 5.57 Å². The van der Waals surface area contributed by atoms with Crippen LogP contribution in [-0.4, -0.2) is 36.8 Å². The van der Waals surface area contributed by atoms with E-state index in [9.17, 15) is 19.2 Å². The zero-order valence-electron chi connectivity index (χ0n) is 21.8. The molecule has 2 aromatic rings. The van der Waals surface area contributed by atoms with Crippen LogP contribution in [0.5, 0.6) is 11.5 Å². The summed E-state index contributed by atoms with van der Waals surface area (Å²) in [5, 5.41) is 0. The third-order valence-corrected chi connectivity index (χ3v) is 8.93. The highest BCUT2D eigenvalue weighted by Gasteiger charge is 2.74. The van der Waals surface area contributed by atoms with E-state index >= 15 is 0 Å². The predicted molar refractivity (Wildman–Crippen MR) is 140 cm³/mol. The number of carbonyl (C=O) groups excluding carboxylic acids is 4. The quantitative estimate of drug-likeness (QED) is 0.428. The monoisotopic (exact) mass is 514 g/mol. The third-order valence-electron chi connectivity index (χ3n) is 8.93. The first-order chi connectivity index (χ1) is 18.3. The van der Waals surface area contributed by atoms with Gasteiger partial charge in [-0.25, -0.2) is 9.80 Å². The lowest BCUT2D eigenvalue weighted by atomic mass is 9.45. The van der Waals surface area contributed by atoms with Gasteiger partial charge < -0.3 is 9.47 Å². The highest BCUT2D eigenvalue weighted by molar-refractivity contribution is 6.27. The first-order valence-corrected chi connectivity index (χ1v) is 13.2. The van der Waals surface area contributed by atoms with Crippen molar-refractivity contribution in [1.82, 2.24) is 0 Å². The lowest BCUT2D eigenvalue weighted by molar-refractivity contribution is -0.146. The van der Waals surface area contributed by atoms with Crippen LogP contribution < -0.4 is 19.3 Å². The molecule has 2 bridgehead atoms. The van der Waals surface area contributed by atoms with E-state index in [1.807, 2.05) is 33.8 Å². The van der Waals surface area contributed by atoms with E-state index < -0.39 is 35.0 Å². The maximum absolute atomic E-state index is 14.1. The largest absolute Gasteiger partial charge is 0.492 e. The number of benzene rings is 2. The molecule has 2 unspecified atom stereocenters. The Morgan fingerprint density at radius 3 is 1.55 bits per heavy atom. The van der Waals surface area contributed by atoms with E-state index in [0.29, 0.717) is 36.1 Å². The number of amides is 4. The molecular weight excluding hydrogens is 484 g/mol. The van der Waals surface area contributed by atoms with Gasteiger partial charge in [0.25, 0.3) is 0 Å². The highest BCUT2D eigenvalue weighted by atomic mass is 16.5. The molecule has 3 aliphatic carbocycles. The summed E-state index contributed by atoms with van der Waals surface area (Å²) in [7, 11) is 0. The standard InChI is InChI=1S/C30H30N2O6/c1-5-37-20-13-9-7-11-18(20)31-26(33)22-17-15-16(3)30(4,24(22)28(31)35)25-23(17)27(34)32(29(25)36)19-12-8-10-14-21(19)38-6-2/h7-15,17,22-25H,5-6H2,1-4H3/t17?,22-,23-,24-,25+,30?/m1/s1. The van der Waals surface area contributed by atoms with Gasteiger partial charge in [-0.15, -0.1) is 0 Å². The van der Waals surface area contributed by atoms with Crippen LogP contribution in [0.25, 0.3) is 0 Å². The molecule has 2 saturated heterocycles. The lowest BCUT2D eigenvalue weighted by Gasteiger charge is -2.54. The fourth-order valence-electron chi connectivity index (χ4n) is 7.32. The van der Waals surface area contributed by atoms with Crippen molar-refractivity contribution in [3.05, 3.63) is 60.2 Å². The number of imide groups is 2. The van der Waals surface area contributed by atoms with Gasteiger partial charge in [0.05, 0.1) is 48.3 Å². The number of carbonyl (C=O) groups is 4. The molecule has 0 aromatic heterocycles. The van der Waals surface area contributed by atoms with Crippen LogP contribution in [0.1, 0.15) is 27.7 Å². The smallest absolute Gasteiger partial charge is 0.238 e. The Kier molecular flexibility index (Phi) is 5.49. The molecule has 2 aliphatic heterocycles. The Bertz CT molecular complexity index is 1320. The SMILES string of the molecule is CCOc1ccccc1N1C(=O)[C@@H]2C3C=C(C)C(C)([C@@H]2C1=O)[C@H]1C(=O)N(c2ccccc2OCC)C(=O)[C@H]31. The molecule has 3 fully saturated rings. The van der Waals surface area contributed by atoms with Crippen molar-refractivity contribution in [1.29, 1.82) is 0 Å². The van der Waals surface area contributed by atoms with Gasteiger partial charge >= 0.3 is 0 Å². The first kappa shape index (κ1) is 24.4. The van der Waals surface area contributed by atoms with Gasteiger partial charge in [-0.3, -0.25) is 19.2 Å². The molecule has 8 heteroatoms. The lowest BCUT2D eigenvalue weighted by Crippen LogP contribution is -2.58. The van der Waals surface area contributed by atoms with Crippen molar-refractivity contribution in [2.75, 3.05) is 23.0 Å². The Morgan fingerprint density at radius 2 is 1.13 bits per heavy atom. The molecule has 5 aliphatic rings. The minimum absolute atomic E-state index is 0.348. The van der Waals surface area contributed by atoms with Crippen LogP contribution in [0.2, 0.25) is 0 Å². The van der Waals surface area contributed by atoms with Crippen molar-refractivity contribution < 1.29 is 28.7 Å². The minimum atomic E-state index is -0.992. The van der Waals surface area contributed by atoms with E-state index in [1.54, 1.807) is 48.5 Å². The van der Waals surface area contributed by atoms with E-state index in [-0.39, 0.29) is 23.6 Å². The molecule has 2 heterocycles. The molecule has 8 nitrogen and oxygen atoms in total. The Labute approximate surface area is 221 Å². The molecule has 0 radical (unpaired) electrons. The van der Waals surface area contributed by atoms with Gasteiger partial charge in [0.15, 0.2) is 0 Å². The number of para-hydroxylation sites is 4. The van der Waals surface area contributed by atoms with Crippen LogP contribution in [0.3, 0.4) is 0 Å². The van der Waals surface area contributed by atoms with Crippen LogP contribution in [0, 0.1) is 35.0 Å². The van der Waals surface area contributed by atoms with Gasteiger partial charge in [-0.1, -0.05) is 42.8 Å². The molecule has 4 amide bonds. The number of rotatable bonds is 6. The normalized spacial score (nSPS) is 31.5. The van der Waals surface area contributed by atoms with E-state index in [2.05, 4.69) is 0 Å². The number of allylic oxidation sites excluding steroid dienone is 2. The molecular formula is C30H30N2O6. The van der Waals surface area contributed by atoms with E-state index in [1.165, 1.54) is 9.80 Å². The summed E-state index contributed by atoms with van der Waals surface area (Å²) in [6.45, 7) is 8.22. The van der Waals surface area contributed by atoms with Crippen LogP contribution >= 0.6 is 0 Å². The van der Waals surface area contributed by atoms with Crippen molar-refractivity contribution in [2.24, 2.45) is 35.0 Å². The van der Waals surface area contributed by atoms with Gasteiger partial charge in [-0.2, -0.15) is 0 Å². The summed E-state index contributed by atoms with van der Waals surface area (Å²) in [5.74, 6) is -4.02. The number of hydrogen-bond acceptors (Lipinski definition) is 6. The Balaban J connectivity index is 1.46. The zero-order valence-corrected chi connectivity index (χ0v) is 21.8. The van der Waals surface area contributed by atoms with Gasteiger partial charge in [0.1, 0.15) is 11.5 Å². The van der Waals surface area contributed by atoms with Crippen molar-refractivity contribution in [3.63, 3.8) is 0 Å². The summed E-state index contributed by atoms with van der Waals surface area (Å²) in [6, 6.07) is 14.0. The predicted octanol–water partition coefficient (Wildman–Crippen LogP) is 3.99. The van der Waals surface area contributed by atoms with E-state index in [4.69, 9.17) is 9.47 Å². The average Bonchev–Trinajstić information content (AvgIpc) is 3.33. The molecule has 2 aromatic carbocycles. The maximum atomic E-state index is 14.1. The number of hydrogen-bond donors (Lipinski definition) is 0. The molecule has 196 valence electrons. The van der Waals surface area contributed by atoms with Crippen molar-refractivity contribution >= 4 is 35.0 Å². The first-order valence-electron chi connectivity index (χ1n) is 13.2. The second-order valence-electron chi connectivity index (χ2n) is 10.5. The van der Waals surface area contributed by atoms with Crippen LogP contribution in [0.4, 0.5) is 11.4 Å². The second kappa shape index (κ2) is 8.55. The average molecular weight is 515 g/mol. The molecule has 7 rings (SSSR count). The molecule has 6 atom stereocenters. The summed E-state index contributed by atoms with van der Waals surface area (Å²) in [5.41, 5.74) is 0.671. The highest BCUT2D eigenvalue weighted by Crippen LogP contribution is 2.67. The summed E-state index contributed by atoms with van der Waals surface area (Å²) < 4.78 is 11.5. The van der Waals surface area contributed by atoms with Gasteiger partial charge in [0.2, 0.25) is 23.6 Å². The maximum Gasteiger partial charge on any atom is 0.238 e. The fourth-order valence-corrected chi connectivity index (χ4v) is 7.32. The van der Waals surface area contributed by atoms with Crippen LogP contribution in [-0.2, 0) is 19.2 Å². The Morgan fingerprint density at radius 1 is 0.711 bits per heavy atom.